The Morgan fingerprint density at radius 1 is 1.37 bits per heavy atom. The summed E-state index contributed by atoms with van der Waals surface area (Å²) in [7, 11) is 1.67. The number of aryl methyl sites for hydroxylation is 1. The summed E-state index contributed by atoms with van der Waals surface area (Å²) in [5, 5.41) is 17.1. The highest BCUT2D eigenvalue weighted by atomic mass is 32.1. The van der Waals surface area contributed by atoms with Gasteiger partial charge in [-0.3, -0.25) is 14.3 Å². The number of anilines is 1. The lowest BCUT2D eigenvalue weighted by Crippen LogP contribution is -2.30. The second-order valence-electron chi connectivity index (χ2n) is 6.99. The van der Waals surface area contributed by atoms with Crippen LogP contribution in [0.3, 0.4) is 0 Å². The first-order valence-corrected chi connectivity index (χ1v) is 9.90. The van der Waals surface area contributed by atoms with Gasteiger partial charge in [0, 0.05) is 32.1 Å². The van der Waals surface area contributed by atoms with Crippen LogP contribution in [-0.4, -0.2) is 56.8 Å². The predicted molar refractivity (Wildman–Crippen MR) is 104 cm³/mol. The predicted octanol–water partition coefficient (Wildman–Crippen LogP) is 2.10. The number of nitrogens with zero attached hydrogens (tertiary/aromatic N) is 4. The Labute approximate surface area is 162 Å². The molecule has 2 aromatic heterocycles. The minimum absolute atomic E-state index is 0.0701. The lowest BCUT2D eigenvalue weighted by Gasteiger charge is -2.14. The van der Waals surface area contributed by atoms with Crippen molar-refractivity contribution in [2.75, 3.05) is 25.5 Å². The van der Waals surface area contributed by atoms with E-state index in [-0.39, 0.29) is 31.0 Å². The van der Waals surface area contributed by atoms with E-state index < -0.39 is 0 Å². The standard InChI is InChI=1S/C18H25N5O3S/c1-10(2)23-15-12(14(21-23)17(26)22(4)8-9-24)6-5-7-13-16(15)27-18(20-13)19-11(3)25/h10,24H,5-9H2,1-4H3,(H,19,20,25). The number of aliphatic hydroxyl groups is 1. The molecular weight excluding hydrogens is 366 g/mol. The molecule has 146 valence electrons. The highest BCUT2D eigenvalue weighted by Crippen LogP contribution is 2.41. The molecule has 0 fully saturated rings. The summed E-state index contributed by atoms with van der Waals surface area (Å²) in [5.74, 6) is -0.340. The smallest absolute Gasteiger partial charge is 0.274 e. The van der Waals surface area contributed by atoms with Gasteiger partial charge in [-0.1, -0.05) is 11.3 Å². The Balaban J connectivity index is 2.14. The molecule has 0 bridgehead atoms. The van der Waals surface area contributed by atoms with E-state index in [0.717, 1.165) is 41.1 Å². The van der Waals surface area contributed by atoms with Crippen LogP contribution in [0, 0.1) is 0 Å². The van der Waals surface area contributed by atoms with E-state index in [4.69, 9.17) is 5.11 Å². The van der Waals surface area contributed by atoms with Crippen LogP contribution in [0.25, 0.3) is 10.6 Å². The van der Waals surface area contributed by atoms with Crippen LogP contribution in [0.15, 0.2) is 0 Å². The molecule has 1 aliphatic carbocycles. The quantitative estimate of drug-likeness (QED) is 0.813. The fourth-order valence-corrected chi connectivity index (χ4v) is 4.39. The number of fused-ring (bicyclic) bond motifs is 3. The lowest BCUT2D eigenvalue weighted by molar-refractivity contribution is -0.114. The Kier molecular flexibility index (Phi) is 5.61. The van der Waals surface area contributed by atoms with Crippen LogP contribution < -0.4 is 5.32 Å². The molecule has 0 saturated carbocycles. The van der Waals surface area contributed by atoms with Gasteiger partial charge in [0.05, 0.1) is 22.9 Å². The number of nitrogens with one attached hydrogen (secondary N) is 1. The van der Waals surface area contributed by atoms with Crippen molar-refractivity contribution < 1.29 is 14.7 Å². The molecule has 0 unspecified atom stereocenters. The molecule has 2 N–H and O–H groups in total. The van der Waals surface area contributed by atoms with Gasteiger partial charge in [-0.15, -0.1) is 0 Å². The Bertz CT molecular complexity index is 871. The number of rotatable bonds is 5. The number of thiazole rings is 1. The number of hydrogen-bond donors (Lipinski definition) is 2. The second-order valence-corrected chi connectivity index (χ2v) is 7.99. The maximum absolute atomic E-state index is 12.9. The van der Waals surface area contributed by atoms with Gasteiger partial charge in [0.2, 0.25) is 5.91 Å². The number of carbonyl (C=O) groups excluding carboxylic acids is 2. The summed E-state index contributed by atoms with van der Waals surface area (Å²) in [5.41, 5.74) is 3.23. The van der Waals surface area contributed by atoms with Crippen LogP contribution in [-0.2, 0) is 17.6 Å². The van der Waals surface area contributed by atoms with E-state index in [0.29, 0.717) is 10.8 Å². The Morgan fingerprint density at radius 3 is 2.74 bits per heavy atom. The molecule has 3 rings (SSSR count). The third kappa shape index (κ3) is 3.74. The van der Waals surface area contributed by atoms with Crippen LogP contribution in [0.1, 0.15) is 55.0 Å². The molecule has 8 nitrogen and oxygen atoms in total. The van der Waals surface area contributed by atoms with Gasteiger partial charge in [0.25, 0.3) is 5.91 Å². The van der Waals surface area contributed by atoms with Gasteiger partial charge in [0.15, 0.2) is 10.8 Å². The minimum Gasteiger partial charge on any atom is -0.395 e. The fraction of sp³-hybridized carbons (Fsp3) is 0.556. The Morgan fingerprint density at radius 2 is 2.11 bits per heavy atom. The van der Waals surface area contributed by atoms with E-state index in [9.17, 15) is 9.59 Å². The molecule has 2 aromatic rings. The molecule has 1 aliphatic rings. The van der Waals surface area contributed by atoms with Gasteiger partial charge < -0.3 is 15.3 Å². The van der Waals surface area contributed by atoms with Crippen molar-refractivity contribution in [3.63, 3.8) is 0 Å². The highest BCUT2D eigenvalue weighted by molar-refractivity contribution is 7.19. The minimum atomic E-state index is -0.185. The van der Waals surface area contributed by atoms with Crippen LogP contribution in [0.4, 0.5) is 5.13 Å². The maximum atomic E-state index is 12.9. The molecule has 0 spiro atoms. The SMILES string of the molecule is CC(=O)Nc1nc2c(s1)-c1c(c(C(=O)N(C)CCO)nn1C(C)C)CCC2. The topological polar surface area (TPSA) is 100 Å². The molecule has 27 heavy (non-hydrogen) atoms. The number of aromatic nitrogens is 3. The number of likely N-dealkylation sites (N-methyl/N-ethyl adjacent to an activating group) is 1. The first kappa shape index (κ1) is 19.5. The Hall–Kier alpha value is -2.26. The molecule has 0 saturated heterocycles. The van der Waals surface area contributed by atoms with Crippen molar-refractivity contribution in [1.29, 1.82) is 0 Å². The third-order valence-electron chi connectivity index (χ3n) is 4.52. The number of carbonyl (C=O) groups is 2. The summed E-state index contributed by atoms with van der Waals surface area (Å²) in [4.78, 5) is 31.3. The van der Waals surface area contributed by atoms with Crippen LogP contribution in [0.5, 0.6) is 0 Å². The summed E-state index contributed by atoms with van der Waals surface area (Å²) in [6.07, 6.45) is 2.39. The van der Waals surface area contributed by atoms with E-state index in [2.05, 4.69) is 15.4 Å². The van der Waals surface area contributed by atoms with Gasteiger partial charge in [-0.25, -0.2) is 4.98 Å². The van der Waals surface area contributed by atoms with E-state index in [1.54, 1.807) is 7.05 Å². The maximum Gasteiger partial charge on any atom is 0.274 e. The lowest BCUT2D eigenvalue weighted by atomic mass is 10.1. The van der Waals surface area contributed by atoms with E-state index in [1.165, 1.54) is 23.2 Å². The number of aliphatic hydroxyl groups excluding tert-OH is 1. The first-order valence-electron chi connectivity index (χ1n) is 9.08. The third-order valence-corrected chi connectivity index (χ3v) is 5.54. The zero-order valence-electron chi connectivity index (χ0n) is 16.1. The summed E-state index contributed by atoms with van der Waals surface area (Å²) in [6.45, 7) is 5.69. The fourth-order valence-electron chi connectivity index (χ4n) is 3.27. The van der Waals surface area contributed by atoms with E-state index >= 15 is 0 Å². The molecule has 0 atom stereocenters. The van der Waals surface area contributed by atoms with Crippen LogP contribution in [0.2, 0.25) is 0 Å². The molecule has 0 aromatic carbocycles. The monoisotopic (exact) mass is 391 g/mol. The second kappa shape index (κ2) is 7.77. The molecule has 0 radical (unpaired) electrons. The largest absolute Gasteiger partial charge is 0.395 e. The average Bonchev–Trinajstić information content (AvgIpc) is 3.11. The van der Waals surface area contributed by atoms with Gasteiger partial charge in [-0.2, -0.15) is 5.10 Å². The molecular formula is C18H25N5O3S. The first-order chi connectivity index (χ1) is 12.8. The number of amides is 2. The van der Waals surface area contributed by atoms with Gasteiger partial charge in [-0.05, 0) is 33.1 Å². The van der Waals surface area contributed by atoms with E-state index in [1.807, 2.05) is 18.5 Å². The zero-order valence-corrected chi connectivity index (χ0v) is 16.9. The van der Waals surface area contributed by atoms with Crippen molar-refractivity contribution in [2.24, 2.45) is 0 Å². The average molecular weight is 391 g/mol. The van der Waals surface area contributed by atoms with Crippen molar-refractivity contribution in [3.8, 4) is 10.6 Å². The number of hydrogen-bond acceptors (Lipinski definition) is 6. The van der Waals surface area contributed by atoms with Gasteiger partial charge >= 0.3 is 0 Å². The van der Waals surface area contributed by atoms with Gasteiger partial charge in [0.1, 0.15) is 0 Å². The molecule has 9 heteroatoms. The van der Waals surface area contributed by atoms with Crippen molar-refractivity contribution >= 4 is 28.3 Å². The van der Waals surface area contributed by atoms with Crippen molar-refractivity contribution in [2.45, 2.75) is 46.1 Å². The molecule has 2 amide bonds. The molecule has 0 aliphatic heterocycles. The molecule has 2 heterocycles. The normalized spacial score (nSPS) is 13.1. The van der Waals surface area contributed by atoms with Crippen LogP contribution >= 0.6 is 11.3 Å². The van der Waals surface area contributed by atoms with Crippen molar-refractivity contribution in [3.05, 3.63) is 17.0 Å². The zero-order chi connectivity index (χ0) is 19.7. The highest BCUT2D eigenvalue weighted by Gasteiger charge is 2.31. The van der Waals surface area contributed by atoms with Crippen molar-refractivity contribution in [1.82, 2.24) is 19.7 Å². The summed E-state index contributed by atoms with van der Waals surface area (Å²) >= 11 is 1.43. The summed E-state index contributed by atoms with van der Waals surface area (Å²) in [6, 6.07) is 0.0701. The summed E-state index contributed by atoms with van der Waals surface area (Å²) < 4.78 is 1.88.